The van der Waals surface area contributed by atoms with Gasteiger partial charge in [-0.15, -0.1) is 0 Å². The summed E-state index contributed by atoms with van der Waals surface area (Å²) < 4.78 is 5.46. The molecular weight excluding hydrogens is 276 g/mol. The summed E-state index contributed by atoms with van der Waals surface area (Å²) in [5.74, 6) is 0.190. The van der Waals surface area contributed by atoms with Crippen molar-refractivity contribution in [2.45, 2.75) is 6.92 Å². The van der Waals surface area contributed by atoms with Gasteiger partial charge >= 0.3 is 0 Å². The maximum atomic E-state index is 12.2. The zero-order chi connectivity index (χ0) is 15.8. The molecule has 0 saturated heterocycles. The SMILES string of the molecule is C=CCOc1ccccc1C(=O)N/N=C/c1ccccc1C. The van der Waals surface area contributed by atoms with E-state index < -0.39 is 0 Å². The number of aryl methyl sites for hydroxylation is 1. The van der Waals surface area contributed by atoms with Crippen molar-refractivity contribution in [1.29, 1.82) is 0 Å². The van der Waals surface area contributed by atoms with E-state index in [0.29, 0.717) is 17.9 Å². The van der Waals surface area contributed by atoms with Crippen LogP contribution in [0.15, 0.2) is 66.3 Å². The van der Waals surface area contributed by atoms with Gasteiger partial charge in [0.2, 0.25) is 0 Å². The first kappa shape index (κ1) is 15.5. The highest BCUT2D eigenvalue weighted by Gasteiger charge is 2.10. The smallest absolute Gasteiger partial charge is 0.275 e. The normalized spacial score (nSPS) is 10.4. The molecule has 0 radical (unpaired) electrons. The van der Waals surface area contributed by atoms with Gasteiger partial charge in [-0.3, -0.25) is 4.79 Å². The van der Waals surface area contributed by atoms with Crippen LogP contribution < -0.4 is 10.2 Å². The first-order chi connectivity index (χ1) is 10.7. The summed E-state index contributed by atoms with van der Waals surface area (Å²) in [4.78, 5) is 12.2. The first-order valence-corrected chi connectivity index (χ1v) is 6.94. The van der Waals surface area contributed by atoms with Gasteiger partial charge in [0.25, 0.3) is 5.91 Å². The molecule has 0 aliphatic heterocycles. The van der Waals surface area contributed by atoms with Gasteiger partial charge in [0.15, 0.2) is 0 Å². The Bertz CT molecular complexity index is 693. The summed E-state index contributed by atoms with van der Waals surface area (Å²) in [5, 5.41) is 4.00. The molecule has 112 valence electrons. The number of hydrazone groups is 1. The molecule has 0 aliphatic carbocycles. The van der Waals surface area contributed by atoms with E-state index in [1.807, 2.05) is 37.3 Å². The van der Waals surface area contributed by atoms with E-state index in [0.717, 1.165) is 11.1 Å². The topological polar surface area (TPSA) is 50.7 Å². The van der Waals surface area contributed by atoms with Gasteiger partial charge < -0.3 is 4.74 Å². The number of carbonyl (C=O) groups is 1. The standard InChI is InChI=1S/C18H18N2O2/c1-3-12-22-17-11-7-6-10-16(17)18(21)20-19-13-15-9-5-4-8-14(15)2/h3-11,13H,1,12H2,2H3,(H,20,21)/b19-13+. The average Bonchev–Trinajstić information content (AvgIpc) is 2.55. The quantitative estimate of drug-likeness (QED) is 0.505. The lowest BCUT2D eigenvalue weighted by Gasteiger charge is -2.08. The van der Waals surface area contributed by atoms with E-state index >= 15 is 0 Å². The van der Waals surface area contributed by atoms with Crippen molar-refractivity contribution in [3.63, 3.8) is 0 Å². The Kier molecular flexibility index (Phi) is 5.49. The third-order valence-electron chi connectivity index (χ3n) is 3.05. The van der Waals surface area contributed by atoms with Gasteiger partial charge in [0, 0.05) is 0 Å². The van der Waals surface area contributed by atoms with E-state index in [1.54, 1.807) is 30.5 Å². The van der Waals surface area contributed by atoms with Crippen LogP contribution in [-0.2, 0) is 0 Å². The Morgan fingerprint density at radius 1 is 1.23 bits per heavy atom. The minimum atomic E-state index is -0.315. The summed E-state index contributed by atoms with van der Waals surface area (Å²) in [7, 11) is 0. The van der Waals surface area contributed by atoms with Crippen molar-refractivity contribution in [3.8, 4) is 5.75 Å². The Labute approximate surface area is 130 Å². The third kappa shape index (κ3) is 4.06. The molecule has 0 unspecified atom stereocenters. The number of hydrogen-bond acceptors (Lipinski definition) is 3. The molecule has 4 heteroatoms. The Morgan fingerprint density at radius 3 is 2.73 bits per heavy atom. The monoisotopic (exact) mass is 294 g/mol. The molecular formula is C18H18N2O2. The molecule has 1 amide bonds. The number of benzene rings is 2. The summed E-state index contributed by atoms with van der Waals surface area (Å²) in [6.45, 7) is 5.92. The zero-order valence-corrected chi connectivity index (χ0v) is 12.5. The van der Waals surface area contributed by atoms with Crippen molar-refractivity contribution in [1.82, 2.24) is 5.43 Å². The molecule has 2 rings (SSSR count). The largest absolute Gasteiger partial charge is 0.489 e. The fourth-order valence-corrected chi connectivity index (χ4v) is 1.88. The van der Waals surface area contributed by atoms with E-state index in [2.05, 4.69) is 17.1 Å². The van der Waals surface area contributed by atoms with Gasteiger partial charge in [-0.1, -0.05) is 49.1 Å². The minimum absolute atomic E-state index is 0.315. The summed E-state index contributed by atoms with van der Waals surface area (Å²) in [6, 6.07) is 14.8. The van der Waals surface area contributed by atoms with E-state index in [-0.39, 0.29) is 5.91 Å². The number of ether oxygens (including phenoxy) is 1. The molecule has 0 aromatic heterocycles. The highest BCUT2D eigenvalue weighted by Crippen LogP contribution is 2.17. The Hall–Kier alpha value is -2.88. The average molecular weight is 294 g/mol. The number of carbonyl (C=O) groups excluding carboxylic acids is 1. The molecule has 22 heavy (non-hydrogen) atoms. The van der Waals surface area contributed by atoms with Crippen LogP contribution >= 0.6 is 0 Å². The van der Waals surface area contributed by atoms with Crippen LogP contribution in [0.4, 0.5) is 0 Å². The second kappa shape index (κ2) is 7.78. The number of nitrogens with zero attached hydrogens (tertiary/aromatic N) is 1. The molecule has 0 heterocycles. The van der Waals surface area contributed by atoms with Gasteiger partial charge in [-0.25, -0.2) is 5.43 Å². The fraction of sp³-hybridized carbons (Fsp3) is 0.111. The molecule has 0 fully saturated rings. The number of rotatable bonds is 6. The highest BCUT2D eigenvalue weighted by molar-refractivity contribution is 5.97. The van der Waals surface area contributed by atoms with Crippen LogP contribution in [0.5, 0.6) is 5.75 Å². The van der Waals surface area contributed by atoms with Crippen molar-refractivity contribution < 1.29 is 9.53 Å². The van der Waals surface area contributed by atoms with Gasteiger partial charge in [-0.2, -0.15) is 5.10 Å². The molecule has 2 aromatic carbocycles. The maximum Gasteiger partial charge on any atom is 0.275 e. The molecule has 1 N–H and O–H groups in total. The number of para-hydroxylation sites is 1. The molecule has 4 nitrogen and oxygen atoms in total. The number of amides is 1. The molecule has 0 atom stereocenters. The zero-order valence-electron chi connectivity index (χ0n) is 12.5. The second-order valence-electron chi connectivity index (χ2n) is 4.65. The van der Waals surface area contributed by atoms with Crippen LogP contribution in [0.2, 0.25) is 0 Å². The highest BCUT2D eigenvalue weighted by atomic mass is 16.5. The van der Waals surface area contributed by atoms with E-state index in [9.17, 15) is 4.79 Å². The van der Waals surface area contributed by atoms with Crippen LogP contribution in [0.25, 0.3) is 0 Å². The molecule has 0 spiro atoms. The number of hydrogen-bond donors (Lipinski definition) is 1. The van der Waals surface area contributed by atoms with Crippen LogP contribution in [0, 0.1) is 6.92 Å². The third-order valence-corrected chi connectivity index (χ3v) is 3.05. The van der Waals surface area contributed by atoms with Crippen LogP contribution in [0.3, 0.4) is 0 Å². The Balaban J connectivity index is 2.06. The molecule has 0 aliphatic rings. The van der Waals surface area contributed by atoms with E-state index in [4.69, 9.17) is 4.74 Å². The maximum absolute atomic E-state index is 12.2. The second-order valence-corrected chi connectivity index (χ2v) is 4.65. The minimum Gasteiger partial charge on any atom is -0.489 e. The lowest BCUT2D eigenvalue weighted by atomic mass is 10.1. The first-order valence-electron chi connectivity index (χ1n) is 6.94. The van der Waals surface area contributed by atoms with E-state index in [1.165, 1.54) is 0 Å². The fourth-order valence-electron chi connectivity index (χ4n) is 1.88. The predicted molar refractivity (Wildman–Crippen MR) is 88.4 cm³/mol. The predicted octanol–water partition coefficient (Wildman–Crippen LogP) is 3.32. The summed E-state index contributed by atoms with van der Waals surface area (Å²) in [6.07, 6.45) is 3.26. The number of nitrogens with one attached hydrogen (secondary N) is 1. The van der Waals surface area contributed by atoms with Crippen molar-refractivity contribution in [2.24, 2.45) is 5.10 Å². The van der Waals surface area contributed by atoms with Gasteiger partial charge in [0.1, 0.15) is 12.4 Å². The Morgan fingerprint density at radius 2 is 1.95 bits per heavy atom. The lowest BCUT2D eigenvalue weighted by molar-refractivity contribution is 0.0951. The molecule has 2 aromatic rings. The summed E-state index contributed by atoms with van der Waals surface area (Å²) >= 11 is 0. The van der Waals surface area contributed by atoms with Crippen LogP contribution in [-0.4, -0.2) is 18.7 Å². The van der Waals surface area contributed by atoms with Crippen LogP contribution in [0.1, 0.15) is 21.5 Å². The van der Waals surface area contributed by atoms with Gasteiger partial charge in [-0.05, 0) is 30.2 Å². The van der Waals surface area contributed by atoms with Crippen molar-refractivity contribution >= 4 is 12.1 Å². The lowest BCUT2D eigenvalue weighted by Crippen LogP contribution is -2.18. The summed E-state index contributed by atoms with van der Waals surface area (Å²) in [5.41, 5.74) is 5.00. The van der Waals surface area contributed by atoms with Crippen molar-refractivity contribution in [3.05, 3.63) is 77.9 Å². The van der Waals surface area contributed by atoms with Gasteiger partial charge in [0.05, 0.1) is 11.8 Å². The molecule has 0 saturated carbocycles. The van der Waals surface area contributed by atoms with Crippen molar-refractivity contribution in [2.75, 3.05) is 6.61 Å². The molecule has 0 bridgehead atoms.